The average molecular weight is 405 g/mol. The Balaban J connectivity index is 1.53. The number of amides is 1. The lowest BCUT2D eigenvalue weighted by Crippen LogP contribution is -2.38. The van der Waals surface area contributed by atoms with Crippen LogP contribution in [0, 0.1) is 0 Å². The Hall–Kier alpha value is -3.21. The molecule has 0 aliphatic carbocycles. The number of nitrogens with zero attached hydrogens (tertiary/aromatic N) is 2. The largest absolute Gasteiger partial charge is 0.497 e. The van der Waals surface area contributed by atoms with Gasteiger partial charge in [-0.3, -0.25) is 4.79 Å². The number of likely N-dealkylation sites (tertiary alicyclic amines) is 1. The van der Waals surface area contributed by atoms with Gasteiger partial charge in [0.05, 0.1) is 26.8 Å². The van der Waals surface area contributed by atoms with Gasteiger partial charge >= 0.3 is 0 Å². The summed E-state index contributed by atoms with van der Waals surface area (Å²) in [7, 11) is 5.29. The van der Waals surface area contributed by atoms with Gasteiger partial charge in [-0.15, -0.1) is 0 Å². The summed E-state index contributed by atoms with van der Waals surface area (Å²) in [5, 5.41) is 2.38. The molecular formula is C25H28N2O3. The molecule has 1 amide bonds. The molecule has 0 unspecified atom stereocenters. The zero-order chi connectivity index (χ0) is 21.1. The van der Waals surface area contributed by atoms with Crippen molar-refractivity contribution >= 4 is 22.4 Å². The van der Waals surface area contributed by atoms with E-state index in [0.717, 1.165) is 42.1 Å². The van der Waals surface area contributed by atoms with E-state index >= 15 is 0 Å². The molecule has 156 valence electrons. The number of carbonyl (C=O) groups is 1. The second-order valence-corrected chi connectivity index (χ2v) is 7.74. The second-order valence-electron chi connectivity index (χ2n) is 7.74. The smallest absolute Gasteiger partial charge is 0.242 e. The van der Waals surface area contributed by atoms with E-state index < -0.39 is 0 Å². The van der Waals surface area contributed by atoms with Crippen molar-refractivity contribution in [3.05, 3.63) is 66.2 Å². The van der Waals surface area contributed by atoms with E-state index in [2.05, 4.69) is 30.3 Å². The van der Waals surface area contributed by atoms with Crippen LogP contribution in [0.5, 0.6) is 11.5 Å². The van der Waals surface area contributed by atoms with Gasteiger partial charge in [-0.2, -0.15) is 0 Å². The maximum absolute atomic E-state index is 13.2. The Bertz CT molecular complexity index is 1050. The molecule has 1 heterocycles. The molecule has 1 aliphatic rings. The van der Waals surface area contributed by atoms with Crippen LogP contribution in [0.25, 0.3) is 10.8 Å². The Labute approximate surface area is 177 Å². The first-order valence-corrected chi connectivity index (χ1v) is 10.3. The minimum atomic E-state index is 0.00699. The quantitative estimate of drug-likeness (QED) is 0.599. The van der Waals surface area contributed by atoms with Crippen LogP contribution in [0.15, 0.2) is 60.7 Å². The molecule has 4 rings (SSSR count). The van der Waals surface area contributed by atoms with Crippen molar-refractivity contribution in [2.45, 2.75) is 18.9 Å². The fourth-order valence-electron chi connectivity index (χ4n) is 4.29. The van der Waals surface area contributed by atoms with Crippen molar-refractivity contribution in [2.24, 2.45) is 0 Å². The monoisotopic (exact) mass is 404 g/mol. The van der Waals surface area contributed by atoms with Gasteiger partial charge in [0.2, 0.25) is 5.91 Å². The van der Waals surface area contributed by atoms with Gasteiger partial charge in [0.25, 0.3) is 0 Å². The molecule has 0 bridgehead atoms. The highest BCUT2D eigenvalue weighted by Crippen LogP contribution is 2.39. The maximum atomic E-state index is 13.2. The van der Waals surface area contributed by atoms with Crippen LogP contribution >= 0.6 is 0 Å². The number of rotatable bonds is 6. The van der Waals surface area contributed by atoms with E-state index in [-0.39, 0.29) is 11.9 Å². The number of hydrogen-bond acceptors (Lipinski definition) is 4. The predicted octanol–water partition coefficient (Wildman–Crippen LogP) is 4.66. The number of ether oxygens (including phenoxy) is 2. The lowest BCUT2D eigenvalue weighted by Gasteiger charge is -2.29. The Kier molecular flexibility index (Phi) is 5.79. The molecule has 1 saturated heterocycles. The number of methoxy groups -OCH3 is 2. The number of hydrogen-bond donors (Lipinski definition) is 0. The lowest BCUT2D eigenvalue weighted by atomic mass is 10.0. The zero-order valence-corrected chi connectivity index (χ0v) is 17.8. The Morgan fingerprint density at radius 3 is 2.60 bits per heavy atom. The topological polar surface area (TPSA) is 42.0 Å². The number of likely N-dealkylation sites (N-methyl/N-ethyl adjacent to an activating group) is 1. The van der Waals surface area contributed by atoms with Gasteiger partial charge in [0.15, 0.2) is 0 Å². The number of anilines is 1. The van der Waals surface area contributed by atoms with Crippen LogP contribution < -0.4 is 14.4 Å². The van der Waals surface area contributed by atoms with Crippen molar-refractivity contribution in [3.63, 3.8) is 0 Å². The van der Waals surface area contributed by atoms with Crippen LogP contribution in [0.1, 0.15) is 24.4 Å². The lowest BCUT2D eigenvalue weighted by molar-refractivity contribution is -0.130. The summed E-state index contributed by atoms with van der Waals surface area (Å²) in [6.45, 7) is 1.09. The van der Waals surface area contributed by atoms with Gasteiger partial charge in [-0.1, -0.05) is 30.3 Å². The SMILES string of the molecule is COc1ccc(OC)c([C@@H]2CCCN2C(=O)CN(C)c2ccc3ccccc3c2)c1. The van der Waals surface area contributed by atoms with Gasteiger partial charge in [0, 0.05) is 24.8 Å². The molecule has 5 heteroatoms. The van der Waals surface area contributed by atoms with E-state index in [0.29, 0.717) is 6.54 Å². The zero-order valence-electron chi connectivity index (χ0n) is 17.8. The average Bonchev–Trinajstić information content (AvgIpc) is 3.28. The molecule has 1 aliphatic heterocycles. The van der Waals surface area contributed by atoms with Gasteiger partial charge in [-0.05, 0) is 53.9 Å². The first-order valence-electron chi connectivity index (χ1n) is 10.3. The van der Waals surface area contributed by atoms with Crippen LogP contribution in [0.2, 0.25) is 0 Å². The van der Waals surface area contributed by atoms with Crippen molar-refractivity contribution in [1.82, 2.24) is 4.90 Å². The highest BCUT2D eigenvalue weighted by Gasteiger charge is 2.32. The van der Waals surface area contributed by atoms with E-state index in [1.54, 1.807) is 14.2 Å². The fraction of sp³-hybridized carbons (Fsp3) is 0.320. The van der Waals surface area contributed by atoms with E-state index in [4.69, 9.17) is 9.47 Å². The first kappa shape index (κ1) is 20.1. The number of benzene rings is 3. The van der Waals surface area contributed by atoms with E-state index in [9.17, 15) is 4.79 Å². The molecule has 0 N–H and O–H groups in total. The molecule has 30 heavy (non-hydrogen) atoms. The fourth-order valence-corrected chi connectivity index (χ4v) is 4.29. The first-order chi connectivity index (χ1) is 14.6. The molecule has 0 saturated carbocycles. The standard InChI is InChI=1S/C25H28N2O3/c1-26(20-11-10-18-7-4-5-8-19(18)15-20)17-25(28)27-14-6-9-23(27)22-16-21(29-2)12-13-24(22)30-3/h4-5,7-8,10-13,15-16,23H,6,9,14,17H2,1-3H3/t23-/m0/s1. The summed E-state index contributed by atoms with van der Waals surface area (Å²) in [6.07, 6.45) is 1.91. The molecule has 5 nitrogen and oxygen atoms in total. The number of fused-ring (bicyclic) bond motifs is 1. The van der Waals surface area contributed by atoms with Crippen molar-refractivity contribution < 1.29 is 14.3 Å². The molecule has 3 aromatic carbocycles. The summed E-state index contributed by atoms with van der Waals surface area (Å²) < 4.78 is 11.0. The number of carbonyl (C=O) groups excluding carboxylic acids is 1. The van der Waals surface area contributed by atoms with E-state index in [1.165, 1.54) is 10.8 Å². The van der Waals surface area contributed by atoms with Gasteiger partial charge in [0.1, 0.15) is 11.5 Å². The third kappa shape index (κ3) is 3.92. The third-order valence-electron chi connectivity index (χ3n) is 5.92. The van der Waals surface area contributed by atoms with Crippen LogP contribution in [0.3, 0.4) is 0 Å². The van der Waals surface area contributed by atoms with Crippen LogP contribution in [0.4, 0.5) is 5.69 Å². The molecule has 0 radical (unpaired) electrons. The predicted molar refractivity (Wildman–Crippen MR) is 120 cm³/mol. The minimum absolute atomic E-state index is 0.00699. The summed E-state index contributed by atoms with van der Waals surface area (Å²) in [5.41, 5.74) is 2.05. The highest BCUT2D eigenvalue weighted by molar-refractivity contribution is 5.87. The normalized spacial score (nSPS) is 16.0. The molecule has 0 aromatic heterocycles. The van der Waals surface area contributed by atoms with Crippen molar-refractivity contribution in [3.8, 4) is 11.5 Å². The molecule has 3 aromatic rings. The summed E-state index contributed by atoms with van der Waals surface area (Å²) in [6, 6.07) is 20.4. The van der Waals surface area contributed by atoms with Gasteiger partial charge in [-0.25, -0.2) is 0 Å². The van der Waals surface area contributed by atoms with Crippen molar-refractivity contribution in [1.29, 1.82) is 0 Å². The van der Waals surface area contributed by atoms with Gasteiger partial charge < -0.3 is 19.3 Å². The van der Waals surface area contributed by atoms with Crippen molar-refractivity contribution in [2.75, 3.05) is 39.3 Å². The Morgan fingerprint density at radius 1 is 1.03 bits per heavy atom. The second kappa shape index (κ2) is 8.66. The molecule has 1 fully saturated rings. The van der Waals surface area contributed by atoms with Crippen LogP contribution in [-0.2, 0) is 4.79 Å². The van der Waals surface area contributed by atoms with E-state index in [1.807, 2.05) is 47.2 Å². The summed E-state index contributed by atoms with van der Waals surface area (Å²) in [5.74, 6) is 1.69. The summed E-state index contributed by atoms with van der Waals surface area (Å²) in [4.78, 5) is 17.2. The molecule has 1 atom stereocenters. The summed E-state index contributed by atoms with van der Waals surface area (Å²) >= 11 is 0. The maximum Gasteiger partial charge on any atom is 0.242 e. The van der Waals surface area contributed by atoms with Crippen LogP contribution in [-0.4, -0.2) is 45.2 Å². The molecule has 0 spiro atoms. The molecular weight excluding hydrogens is 376 g/mol. The third-order valence-corrected chi connectivity index (χ3v) is 5.92. The minimum Gasteiger partial charge on any atom is -0.497 e. The Morgan fingerprint density at radius 2 is 1.83 bits per heavy atom. The highest BCUT2D eigenvalue weighted by atomic mass is 16.5.